The van der Waals surface area contributed by atoms with Gasteiger partial charge in [0.2, 0.25) is 6.71 Å². The summed E-state index contributed by atoms with van der Waals surface area (Å²) in [5.74, 6) is 0. The molecule has 0 aromatic heterocycles. The molecule has 0 bridgehead atoms. The third kappa shape index (κ3) is 8.37. The van der Waals surface area contributed by atoms with Crippen molar-refractivity contribution in [2.75, 3.05) is 6.54 Å². The van der Waals surface area contributed by atoms with Gasteiger partial charge in [-0.05, 0) is 45.9 Å². The summed E-state index contributed by atoms with van der Waals surface area (Å²) in [5, 5.41) is 0. The van der Waals surface area contributed by atoms with Crippen molar-refractivity contribution in [1.82, 2.24) is 0 Å². The predicted molar refractivity (Wildman–Crippen MR) is 164 cm³/mol. The Balaban J connectivity index is 0.000000830. The van der Waals surface area contributed by atoms with Gasteiger partial charge in [0.05, 0.1) is 0 Å². The fourth-order valence-electron chi connectivity index (χ4n) is 4.31. The lowest BCUT2D eigenvalue weighted by molar-refractivity contribution is 0.590. The Morgan fingerprint density at radius 2 is 0.750 bits per heavy atom. The molecule has 0 saturated heterocycles. The normalized spacial score (nSPS) is 12.1. The minimum atomic E-state index is 0.163. The summed E-state index contributed by atoms with van der Waals surface area (Å²) in [6.07, 6.45) is 2.39. The Labute approximate surface area is 223 Å². The van der Waals surface area contributed by atoms with Gasteiger partial charge in [0, 0.05) is 0 Å². The van der Waals surface area contributed by atoms with Crippen LogP contribution in [0.3, 0.4) is 0 Å². The average Bonchev–Trinajstić information content (AvgIpc) is 2.80. The van der Waals surface area contributed by atoms with E-state index in [-0.39, 0.29) is 23.0 Å². The van der Waals surface area contributed by atoms with E-state index in [1.807, 2.05) is 0 Å². The second-order valence-corrected chi connectivity index (χ2v) is 13.2. The molecular weight excluding hydrogens is 433 g/mol. The van der Waals surface area contributed by atoms with E-state index in [2.05, 4.69) is 142 Å². The Hall–Kier alpha value is -2.32. The molecule has 0 unspecified atom stereocenters. The van der Waals surface area contributed by atoms with Crippen LogP contribution in [-0.2, 0) is 16.2 Å². The molecule has 1 nitrogen and oxygen atoms in total. The number of nitrogens with two attached hydrogens (primary N) is 1. The zero-order valence-electron chi connectivity index (χ0n) is 24.7. The zero-order valence-corrected chi connectivity index (χ0v) is 24.7. The molecule has 0 fully saturated rings. The average molecular weight is 484 g/mol. The molecule has 0 spiro atoms. The minimum Gasteiger partial charge on any atom is -0.330 e. The quantitative estimate of drug-likeness (QED) is 0.395. The van der Waals surface area contributed by atoms with Gasteiger partial charge in [-0.2, -0.15) is 0 Å². The molecule has 3 rings (SSSR count). The highest BCUT2D eigenvalue weighted by molar-refractivity contribution is 6.95. The highest BCUT2D eigenvalue weighted by atomic mass is 14.5. The van der Waals surface area contributed by atoms with Crippen LogP contribution in [0.25, 0.3) is 0 Å². The van der Waals surface area contributed by atoms with Gasteiger partial charge in [0.1, 0.15) is 0 Å². The SMILES string of the molecule is CC(C)(C)c1ccc(B(c2ccc(C(C)(C)C)cc2)c2ccc(C(C)(C)C)cc2)cc1.CCCCN. The van der Waals surface area contributed by atoms with Gasteiger partial charge in [0.25, 0.3) is 0 Å². The molecule has 0 heterocycles. The van der Waals surface area contributed by atoms with Gasteiger partial charge >= 0.3 is 0 Å². The van der Waals surface area contributed by atoms with E-state index in [1.165, 1.54) is 45.9 Å². The van der Waals surface area contributed by atoms with E-state index >= 15 is 0 Å². The van der Waals surface area contributed by atoms with E-state index in [1.54, 1.807) is 0 Å². The van der Waals surface area contributed by atoms with Crippen LogP contribution in [0.15, 0.2) is 72.8 Å². The Morgan fingerprint density at radius 1 is 0.500 bits per heavy atom. The van der Waals surface area contributed by atoms with Crippen molar-refractivity contribution >= 4 is 23.1 Å². The number of unbranched alkanes of at least 4 members (excludes halogenated alkanes) is 1. The van der Waals surface area contributed by atoms with Crippen LogP contribution >= 0.6 is 0 Å². The molecule has 3 aromatic rings. The maximum Gasteiger partial charge on any atom is 0.241 e. The molecule has 2 N–H and O–H groups in total. The van der Waals surface area contributed by atoms with Crippen LogP contribution in [0.1, 0.15) is 98.8 Å². The van der Waals surface area contributed by atoms with Crippen LogP contribution < -0.4 is 22.1 Å². The zero-order chi connectivity index (χ0) is 27.1. The molecule has 0 aliphatic carbocycles. The molecule has 194 valence electrons. The lowest BCUT2D eigenvalue weighted by Crippen LogP contribution is -2.52. The number of hydrogen-bond acceptors (Lipinski definition) is 1. The molecule has 0 aliphatic rings. The molecule has 0 saturated carbocycles. The summed E-state index contributed by atoms with van der Waals surface area (Å²) in [5.41, 5.74) is 13.8. The highest BCUT2D eigenvalue weighted by Crippen LogP contribution is 2.23. The molecule has 0 aliphatic heterocycles. The van der Waals surface area contributed by atoms with Gasteiger partial charge in [0.15, 0.2) is 0 Å². The van der Waals surface area contributed by atoms with E-state index < -0.39 is 0 Å². The molecule has 2 heteroatoms. The monoisotopic (exact) mass is 483 g/mol. The van der Waals surface area contributed by atoms with Crippen molar-refractivity contribution in [2.24, 2.45) is 5.73 Å². The summed E-state index contributed by atoms with van der Waals surface area (Å²) in [4.78, 5) is 0. The van der Waals surface area contributed by atoms with Gasteiger partial charge in [-0.25, -0.2) is 0 Å². The van der Waals surface area contributed by atoms with Crippen LogP contribution in [0.5, 0.6) is 0 Å². The van der Waals surface area contributed by atoms with Crippen molar-refractivity contribution in [3.63, 3.8) is 0 Å². The Bertz CT molecular complexity index is 902. The lowest BCUT2D eigenvalue weighted by atomic mass is 9.36. The van der Waals surface area contributed by atoms with E-state index in [4.69, 9.17) is 5.73 Å². The molecular formula is C34H50BN. The number of benzene rings is 3. The first-order valence-corrected chi connectivity index (χ1v) is 13.7. The molecule has 36 heavy (non-hydrogen) atoms. The third-order valence-electron chi connectivity index (χ3n) is 6.89. The van der Waals surface area contributed by atoms with E-state index in [9.17, 15) is 0 Å². The van der Waals surface area contributed by atoms with Crippen molar-refractivity contribution in [3.8, 4) is 0 Å². The molecule has 0 atom stereocenters. The maximum atomic E-state index is 5.14. The lowest BCUT2D eigenvalue weighted by Gasteiger charge is -2.23. The molecule has 0 radical (unpaired) electrons. The van der Waals surface area contributed by atoms with Gasteiger partial charge in [-0.1, -0.05) is 165 Å². The predicted octanol–water partition coefficient (Wildman–Crippen LogP) is 6.84. The topological polar surface area (TPSA) is 26.0 Å². The van der Waals surface area contributed by atoms with E-state index in [0.29, 0.717) is 0 Å². The Morgan fingerprint density at radius 3 is 0.889 bits per heavy atom. The van der Waals surface area contributed by atoms with Crippen molar-refractivity contribution < 1.29 is 0 Å². The molecule has 0 amide bonds. The second-order valence-electron chi connectivity index (χ2n) is 13.2. The minimum absolute atomic E-state index is 0.163. The Kier molecular flexibility index (Phi) is 10.2. The van der Waals surface area contributed by atoms with Crippen LogP contribution in [0, 0.1) is 0 Å². The first-order valence-electron chi connectivity index (χ1n) is 13.7. The highest BCUT2D eigenvalue weighted by Gasteiger charge is 2.24. The van der Waals surface area contributed by atoms with Gasteiger partial charge in [-0.3, -0.25) is 0 Å². The maximum absolute atomic E-state index is 5.14. The van der Waals surface area contributed by atoms with Gasteiger partial charge < -0.3 is 5.73 Å². The van der Waals surface area contributed by atoms with E-state index in [0.717, 1.165) is 6.54 Å². The number of rotatable bonds is 5. The second kappa shape index (κ2) is 12.3. The summed E-state index contributed by atoms with van der Waals surface area (Å²) in [6, 6.07) is 27.7. The fraction of sp³-hybridized carbons (Fsp3) is 0.471. The standard InChI is InChI=1S/C30H39B.C4H11N/c1-28(2,3)22-10-16-25(17-11-22)31(26-18-12-23(13-19-26)29(4,5)6)27-20-14-24(15-21-27)30(7,8)9;1-2-3-4-5/h10-21H,1-9H3;2-5H2,1H3. The largest absolute Gasteiger partial charge is 0.330 e. The van der Waals surface area contributed by atoms with Crippen LogP contribution in [-0.4, -0.2) is 13.3 Å². The van der Waals surface area contributed by atoms with Gasteiger partial charge in [-0.15, -0.1) is 0 Å². The number of hydrogen-bond donors (Lipinski definition) is 1. The smallest absolute Gasteiger partial charge is 0.241 e. The van der Waals surface area contributed by atoms with Crippen molar-refractivity contribution in [1.29, 1.82) is 0 Å². The first kappa shape index (κ1) is 29.9. The van der Waals surface area contributed by atoms with Crippen molar-refractivity contribution in [2.45, 2.75) is 98.3 Å². The van der Waals surface area contributed by atoms with Crippen molar-refractivity contribution in [3.05, 3.63) is 89.5 Å². The fourth-order valence-corrected chi connectivity index (χ4v) is 4.31. The third-order valence-corrected chi connectivity index (χ3v) is 6.89. The summed E-state index contributed by atoms with van der Waals surface area (Å²) < 4.78 is 0. The van der Waals surface area contributed by atoms with Crippen LogP contribution in [0.4, 0.5) is 0 Å². The summed E-state index contributed by atoms with van der Waals surface area (Å²) >= 11 is 0. The summed E-state index contributed by atoms with van der Waals surface area (Å²) in [7, 11) is 0. The van der Waals surface area contributed by atoms with Crippen LogP contribution in [0.2, 0.25) is 0 Å². The summed E-state index contributed by atoms with van der Waals surface area (Å²) in [6.45, 7) is 23.7. The first-order chi connectivity index (χ1) is 16.7. The molecule has 3 aromatic carbocycles.